The van der Waals surface area contributed by atoms with Gasteiger partial charge in [0, 0.05) is 0 Å². The first-order valence-electron chi connectivity index (χ1n) is 6.05. The molecule has 2 aromatic carbocycles. The average Bonchev–Trinajstić information content (AvgIpc) is 2.60. The molecule has 2 aromatic rings. The molecule has 0 atom stereocenters. The van der Waals surface area contributed by atoms with Crippen LogP contribution in [0.5, 0.6) is 0 Å². The van der Waals surface area contributed by atoms with Crippen LogP contribution in [0.3, 0.4) is 0 Å². The fourth-order valence-electron chi connectivity index (χ4n) is 1.89. The summed E-state index contributed by atoms with van der Waals surface area (Å²) in [6.07, 6.45) is 3.61. The molecule has 0 saturated carbocycles. The third kappa shape index (κ3) is 2.45. The van der Waals surface area contributed by atoms with E-state index in [1.807, 2.05) is 6.07 Å². The molecule has 0 bridgehead atoms. The maximum absolute atomic E-state index is 11.6. The van der Waals surface area contributed by atoms with E-state index in [-0.39, 0.29) is 5.39 Å². The van der Waals surface area contributed by atoms with Crippen LogP contribution in [0, 0.1) is 0 Å². The van der Waals surface area contributed by atoms with E-state index in [1.54, 1.807) is 12.1 Å². The van der Waals surface area contributed by atoms with Crippen LogP contribution in [0.2, 0.25) is 5.32 Å². The SMILES string of the molecule is CCCCC[Se]c1ccc2c(=O)c(=O)c(=O)c2c1. The second-order valence-electron chi connectivity index (χ2n) is 4.25. The fourth-order valence-corrected chi connectivity index (χ4v) is 3.88. The van der Waals surface area contributed by atoms with E-state index in [0.717, 1.165) is 9.78 Å². The summed E-state index contributed by atoms with van der Waals surface area (Å²) in [5.41, 5.74) is -2.18. The van der Waals surface area contributed by atoms with Gasteiger partial charge in [-0.25, -0.2) is 0 Å². The molecular formula is C14H14O3Se. The van der Waals surface area contributed by atoms with Gasteiger partial charge >= 0.3 is 111 Å². The van der Waals surface area contributed by atoms with Gasteiger partial charge in [0.15, 0.2) is 0 Å². The summed E-state index contributed by atoms with van der Waals surface area (Å²) in [7, 11) is 0. The van der Waals surface area contributed by atoms with Crippen LogP contribution in [0.25, 0.3) is 10.8 Å². The van der Waals surface area contributed by atoms with Gasteiger partial charge < -0.3 is 0 Å². The summed E-state index contributed by atoms with van der Waals surface area (Å²) < 4.78 is 1.09. The van der Waals surface area contributed by atoms with Crippen molar-refractivity contribution in [3.05, 3.63) is 48.9 Å². The summed E-state index contributed by atoms with van der Waals surface area (Å²) in [6, 6.07) is 5.22. The Morgan fingerprint density at radius 3 is 2.39 bits per heavy atom. The quantitative estimate of drug-likeness (QED) is 0.465. The van der Waals surface area contributed by atoms with Gasteiger partial charge in [-0.3, -0.25) is 0 Å². The standard InChI is InChI=1S/C14H14O3Se/c1-2-3-4-7-18-9-5-6-10-11(8-9)13(16)14(17)12(10)15/h5-6,8H,2-4,7H2,1H3. The molecule has 0 amide bonds. The predicted molar refractivity (Wildman–Crippen MR) is 74.9 cm³/mol. The normalized spacial score (nSPS) is 11.2. The molecule has 0 fully saturated rings. The van der Waals surface area contributed by atoms with Crippen LogP contribution in [0.15, 0.2) is 32.6 Å². The number of hydrogen-bond acceptors (Lipinski definition) is 3. The Morgan fingerprint density at radius 2 is 1.67 bits per heavy atom. The molecule has 0 spiro atoms. The zero-order valence-electron chi connectivity index (χ0n) is 10.2. The molecule has 0 unspecified atom stereocenters. The van der Waals surface area contributed by atoms with E-state index in [0.29, 0.717) is 20.3 Å². The molecule has 4 heteroatoms. The minimum atomic E-state index is -0.888. The second-order valence-corrected chi connectivity index (χ2v) is 6.70. The minimum absolute atomic E-state index is 0.276. The average molecular weight is 309 g/mol. The Kier molecular flexibility index (Phi) is 4.10. The predicted octanol–water partition coefficient (Wildman–Crippen LogP) is 0.734. The van der Waals surface area contributed by atoms with E-state index in [1.165, 1.54) is 19.3 Å². The Bertz CT molecular complexity index is 696. The molecule has 18 heavy (non-hydrogen) atoms. The van der Waals surface area contributed by atoms with Crippen molar-refractivity contribution in [1.29, 1.82) is 0 Å². The van der Waals surface area contributed by atoms with Crippen molar-refractivity contribution in [2.45, 2.75) is 31.5 Å². The van der Waals surface area contributed by atoms with Crippen LogP contribution >= 0.6 is 0 Å². The zero-order chi connectivity index (χ0) is 13.1. The Balaban J connectivity index is 2.28. The number of benzene rings is 1. The van der Waals surface area contributed by atoms with Gasteiger partial charge in [0.1, 0.15) is 0 Å². The molecule has 0 aliphatic carbocycles. The van der Waals surface area contributed by atoms with Crippen molar-refractivity contribution in [1.82, 2.24) is 0 Å². The van der Waals surface area contributed by atoms with Gasteiger partial charge in [-0.15, -0.1) is 0 Å². The molecule has 3 nitrogen and oxygen atoms in total. The monoisotopic (exact) mass is 310 g/mol. The Hall–Kier alpha value is -1.25. The molecule has 0 aromatic heterocycles. The topological polar surface area (TPSA) is 51.2 Å². The van der Waals surface area contributed by atoms with E-state index < -0.39 is 16.3 Å². The first-order chi connectivity index (χ1) is 8.65. The van der Waals surface area contributed by atoms with Gasteiger partial charge in [0.2, 0.25) is 0 Å². The molecule has 0 heterocycles. The molecule has 94 valence electrons. The Morgan fingerprint density at radius 1 is 0.944 bits per heavy atom. The van der Waals surface area contributed by atoms with Gasteiger partial charge in [-0.2, -0.15) is 0 Å². The van der Waals surface area contributed by atoms with Crippen molar-refractivity contribution in [2.75, 3.05) is 0 Å². The summed E-state index contributed by atoms with van der Waals surface area (Å²) in [5, 5.41) is 1.72. The Labute approximate surface area is 111 Å². The van der Waals surface area contributed by atoms with Crippen molar-refractivity contribution in [2.24, 2.45) is 0 Å². The molecule has 0 aliphatic rings. The van der Waals surface area contributed by atoms with Crippen molar-refractivity contribution in [3.8, 4) is 0 Å². The van der Waals surface area contributed by atoms with E-state index in [9.17, 15) is 14.4 Å². The van der Waals surface area contributed by atoms with E-state index in [2.05, 4.69) is 6.92 Å². The van der Waals surface area contributed by atoms with Gasteiger partial charge in [0.05, 0.1) is 0 Å². The zero-order valence-corrected chi connectivity index (χ0v) is 11.9. The molecule has 0 aliphatic heterocycles. The second kappa shape index (κ2) is 5.59. The fraction of sp³-hybridized carbons (Fsp3) is 0.357. The summed E-state index contributed by atoms with van der Waals surface area (Å²) >= 11 is 0.319. The third-order valence-electron chi connectivity index (χ3n) is 2.91. The summed E-state index contributed by atoms with van der Waals surface area (Å²) in [4.78, 5) is 34.3. The summed E-state index contributed by atoms with van der Waals surface area (Å²) in [6.45, 7) is 2.16. The van der Waals surface area contributed by atoms with Gasteiger partial charge in [0.25, 0.3) is 0 Å². The van der Waals surface area contributed by atoms with Crippen molar-refractivity contribution < 1.29 is 0 Å². The van der Waals surface area contributed by atoms with E-state index >= 15 is 0 Å². The number of fused-ring (bicyclic) bond motifs is 1. The molecule has 0 N–H and O–H groups in total. The van der Waals surface area contributed by atoms with Crippen LogP contribution < -0.4 is 20.7 Å². The molecular weight excluding hydrogens is 295 g/mol. The van der Waals surface area contributed by atoms with Crippen LogP contribution in [-0.4, -0.2) is 15.0 Å². The molecule has 0 radical (unpaired) electrons. The van der Waals surface area contributed by atoms with Gasteiger partial charge in [-0.1, -0.05) is 0 Å². The van der Waals surface area contributed by atoms with Crippen molar-refractivity contribution in [3.63, 3.8) is 0 Å². The van der Waals surface area contributed by atoms with E-state index in [4.69, 9.17) is 0 Å². The third-order valence-corrected chi connectivity index (χ3v) is 5.18. The van der Waals surface area contributed by atoms with Crippen LogP contribution in [0.4, 0.5) is 0 Å². The maximum atomic E-state index is 11.6. The first-order valence-corrected chi connectivity index (χ1v) is 8.12. The van der Waals surface area contributed by atoms with Crippen LogP contribution in [0.1, 0.15) is 26.2 Å². The molecule has 2 rings (SSSR count). The number of rotatable bonds is 5. The number of unbranched alkanes of at least 4 members (excludes halogenated alkanes) is 2. The van der Waals surface area contributed by atoms with Crippen molar-refractivity contribution >= 4 is 30.2 Å². The van der Waals surface area contributed by atoms with Crippen LogP contribution in [-0.2, 0) is 0 Å². The molecule has 0 saturated heterocycles. The summed E-state index contributed by atoms with van der Waals surface area (Å²) in [5.74, 6) is 0. The first kappa shape index (κ1) is 13.2. The van der Waals surface area contributed by atoms with Gasteiger partial charge in [-0.05, 0) is 0 Å². The number of hydrogen-bond donors (Lipinski definition) is 0.